The molecule has 5 heteroatoms. The minimum Gasteiger partial charge on any atom is -0.385 e. The van der Waals surface area contributed by atoms with Gasteiger partial charge in [0.1, 0.15) is 0 Å². The Balaban J connectivity index is 0.00000176. The zero-order chi connectivity index (χ0) is 14.8. The fourth-order valence-corrected chi connectivity index (χ4v) is 4.66. The van der Waals surface area contributed by atoms with E-state index in [1.54, 1.807) is 7.11 Å². The molecule has 1 saturated carbocycles. The van der Waals surface area contributed by atoms with E-state index >= 15 is 0 Å². The van der Waals surface area contributed by atoms with Crippen molar-refractivity contribution in [3.63, 3.8) is 0 Å². The van der Waals surface area contributed by atoms with Gasteiger partial charge in [0.05, 0.1) is 5.41 Å². The van der Waals surface area contributed by atoms with Crippen molar-refractivity contribution in [3.05, 3.63) is 0 Å². The quantitative estimate of drug-likeness (QED) is 0.861. The number of ether oxygens (including phenoxy) is 1. The van der Waals surface area contributed by atoms with Crippen LogP contribution in [-0.2, 0) is 9.53 Å². The van der Waals surface area contributed by atoms with Crippen LogP contribution >= 0.6 is 12.4 Å². The molecule has 3 aliphatic rings. The number of hydrogen-bond acceptors (Lipinski definition) is 3. The molecule has 3 rings (SSSR count). The van der Waals surface area contributed by atoms with Crippen molar-refractivity contribution in [1.29, 1.82) is 0 Å². The first-order chi connectivity index (χ1) is 10.2. The maximum Gasteiger partial charge on any atom is 0.228 e. The van der Waals surface area contributed by atoms with Gasteiger partial charge >= 0.3 is 0 Å². The smallest absolute Gasteiger partial charge is 0.228 e. The summed E-state index contributed by atoms with van der Waals surface area (Å²) in [5, 5.41) is 3.50. The highest BCUT2D eigenvalue weighted by Crippen LogP contribution is 2.44. The topological polar surface area (TPSA) is 41.6 Å². The molecule has 0 atom stereocenters. The molecule has 0 aromatic carbocycles. The van der Waals surface area contributed by atoms with Gasteiger partial charge in [0.2, 0.25) is 5.91 Å². The molecule has 128 valence electrons. The van der Waals surface area contributed by atoms with Crippen LogP contribution < -0.4 is 5.32 Å². The van der Waals surface area contributed by atoms with Crippen molar-refractivity contribution < 1.29 is 9.53 Å². The summed E-state index contributed by atoms with van der Waals surface area (Å²) in [7, 11) is 1.74. The van der Waals surface area contributed by atoms with Gasteiger partial charge in [0, 0.05) is 33.4 Å². The van der Waals surface area contributed by atoms with Crippen LogP contribution in [0.1, 0.15) is 51.4 Å². The first kappa shape index (κ1) is 18.0. The van der Waals surface area contributed by atoms with Crippen LogP contribution in [0, 0.1) is 10.8 Å². The number of carbonyl (C=O) groups is 1. The lowest BCUT2D eigenvalue weighted by Crippen LogP contribution is -2.49. The largest absolute Gasteiger partial charge is 0.385 e. The van der Waals surface area contributed by atoms with E-state index in [0.717, 1.165) is 45.4 Å². The van der Waals surface area contributed by atoms with Crippen LogP contribution in [0.25, 0.3) is 0 Å². The molecule has 3 fully saturated rings. The molecule has 0 radical (unpaired) electrons. The van der Waals surface area contributed by atoms with Crippen molar-refractivity contribution in [2.24, 2.45) is 10.8 Å². The van der Waals surface area contributed by atoms with Crippen molar-refractivity contribution in [1.82, 2.24) is 10.2 Å². The summed E-state index contributed by atoms with van der Waals surface area (Å²) in [5.41, 5.74) is 0.389. The average molecular weight is 331 g/mol. The van der Waals surface area contributed by atoms with Gasteiger partial charge in [0.25, 0.3) is 0 Å². The summed E-state index contributed by atoms with van der Waals surface area (Å²) < 4.78 is 5.26. The number of amides is 1. The summed E-state index contributed by atoms with van der Waals surface area (Å²) in [6.07, 6.45) is 9.12. The highest BCUT2D eigenvalue weighted by Gasteiger charge is 2.45. The van der Waals surface area contributed by atoms with E-state index in [4.69, 9.17) is 4.74 Å². The second-order valence-corrected chi connectivity index (χ2v) is 7.45. The maximum atomic E-state index is 13.1. The molecule has 1 aliphatic carbocycles. The number of hydrogen-bond donors (Lipinski definition) is 1. The average Bonchev–Trinajstić information content (AvgIpc) is 3.16. The predicted octanol–water partition coefficient (Wildman–Crippen LogP) is 2.61. The molecule has 0 aromatic heterocycles. The molecular weight excluding hydrogens is 300 g/mol. The molecule has 0 aromatic rings. The van der Waals surface area contributed by atoms with Crippen molar-refractivity contribution >= 4 is 18.3 Å². The maximum absolute atomic E-state index is 13.1. The molecule has 1 N–H and O–H groups in total. The molecule has 4 nitrogen and oxygen atoms in total. The molecular formula is C17H31ClN2O2. The van der Waals surface area contributed by atoms with Gasteiger partial charge in [-0.2, -0.15) is 0 Å². The van der Waals surface area contributed by atoms with Crippen LogP contribution in [-0.4, -0.2) is 50.7 Å². The molecule has 0 unspecified atom stereocenters. The molecule has 1 spiro atoms. The summed E-state index contributed by atoms with van der Waals surface area (Å²) in [4.78, 5) is 15.3. The Labute approximate surface area is 140 Å². The van der Waals surface area contributed by atoms with Crippen molar-refractivity contribution in [3.8, 4) is 0 Å². The zero-order valence-corrected chi connectivity index (χ0v) is 14.7. The van der Waals surface area contributed by atoms with Gasteiger partial charge in [-0.05, 0) is 50.5 Å². The van der Waals surface area contributed by atoms with E-state index in [1.165, 1.54) is 32.1 Å². The lowest BCUT2D eigenvalue weighted by Gasteiger charge is -2.42. The lowest BCUT2D eigenvalue weighted by atomic mass is 9.76. The Kier molecular flexibility index (Phi) is 6.14. The minimum absolute atomic E-state index is 0. The number of nitrogens with one attached hydrogen (secondary N) is 1. The second kappa shape index (κ2) is 7.50. The highest BCUT2D eigenvalue weighted by molar-refractivity contribution is 5.85. The van der Waals surface area contributed by atoms with Crippen LogP contribution in [0.3, 0.4) is 0 Å². The summed E-state index contributed by atoms with van der Waals surface area (Å²) in [6, 6.07) is 0. The number of methoxy groups -OCH3 is 1. The SMILES string of the molecule is COCCC1(C(=O)N2CCC3(CCNC3)CC2)CCCC1.Cl. The van der Waals surface area contributed by atoms with Crippen LogP contribution in [0.4, 0.5) is 0 Å². The Morgan fingerprint density at radius 3 is 2.36 bits per heavy atom. The Morgan fingerprint density at radius 2 is 1.82 bits per heavy atom. The van der Waals surface area contributed by atoms with Crippen LogP contribution in [0.2, 0.25) is 0 Å². The van der Waals surface area contributed by atoms with Gasteiger partial charge in [-0.25, -0.2) is 0 Å². The standard InChI is InChI=1S/C17H30N2O2.ClH/c1-21-13-9-17(4-2-3-5-17)15(20)19-11-7-16(8-12-19)6-10-18-14-16;/h18H,2-14H2,1H3;1H. The van der Waals surface area contributed by atoms with Crippen LogP contribution in [0.15, 0.2) is 0 Å². The monoisotopic (exact) mass is 330 g/mol. The molecule has 22 heavy (non-hydrogen) atoms. The van der Waals surface area contributed by atoms with Gasteiger partial charge in [0.15, 0.2) is 0 Å². The third-order valence-electron chi connectivity index (χ3n) is 6.24. The third-order valence-corrected chi connectivity index (χ3v) is 6.24. The molecule has 1 amide bonds. The van der Waals surface area contributed by atoms with E-state index in [2.05, 4.69) is 10.2 Å². The van der Waals surface area contributed by atoms with Crippen LogP contribution in [0.5, 0.6) is 0 Å². The van der Waals surface area contributed by atoms with E-state index in [-0.39, 0.29) is 17.8 Å². The third kappa shape index (κ3) is 3.44. The normalized spacial score (nSPS) is 26.1. The zero-order valence-electron chi connectivity index (χ0n) is 13.9. The molecule has 2 aliphatic heterocycles. The van der Waals surface area contributed by atoms with E-state index in [9.17, 15) is 4.79 Å². The van der Waals surface area contributed by atoms with Crippen molar-refractivity contribution in [2.75, 3.05) is 39.9 Å². The van der Waals surface area contributed by atoms with Gasteiger partial charge in [-0.1, -0.05) is 12.8 Å². The predicted molar refractivity (Wildman–Crippen MR) is 90.4 cm³/mol. The molecule has 2 heterocycles. The minimum atomic E-state index is -0.103. The molecule has 2 saturated heterocycles. The second-order valence-electron chi connectivity index (χ2n) is 7.45. The van der Waals surface area contributed by atoms with E-state index in [0.29, 0.717) is 17.9 Å². The summed E-state index contributed by atoms with van der Waals surface area (Å²) in [6.45, 7) is 4.97. The highest BCUT2D eigenvalue weighted by atomic mass is 35.5. The van der Waals surface area contributed by atoms with Gasteiger partial charge in [-0.15, -0.1) is 12.4 Å². The van der Waals surface area contributed by atoms with Gasteiger partial charge in [-0.3, -0.25) is 4.79 Å². The molecule has 0 bridgehead atoms. The lowest BCUT2D eigenvalue weighted by molar-refractivity contribution is -0.145. The number of rotatable bonds is 4. The van der Waals surface area contributed by atoms with E-state index in [1.807, 2.05) is 0 Å². The first-order valence-electron chi connectivity index (χ1n) is 8.69. The fraction of sp³-hybridized carbons (Fsp3) is 0.941. The Hall–Kier alpha value is -0.320. The number of carbonyl (C=O) groups excluding carboxylic acids is 1. The first-order valence-corrected chi connectivity index (χ1v) is 8.69. The number of likely N-dealkylation sites (tertiary alicyclic amines) is 1. The Bertz CT molecular complexity index is 367. The number of nitrogens with zero attached hydrogens (tertiary/aromatic N) is 1. The number of halogens is 1. The Morgan fingerprint density at radius 1 is 1.14 bits per heavy atom. The number of piperidine rings is 1. The summed E-state index contributed by atoms with van der Waals surface area (Å²) >= 11 is 0. The summed E-state index contributed by atoms with van der Waals surface area (Å²) in [5.74, 6) is 0.429. The van der Waals surface area contributed by atoms with Gasteiger partial charge < -0.3 is 15.0 Å². The fourth-order valence-electron chi connectivity index (χ4n) is 4.66. The van der Waals surface area contributed by atoms with Crippen molar-refractivity contribution in [2.45, 2.75) is 51.4 Å². The van der Waals surface area contributed by atoms with E-state index < -0.39 is 0 Å².